The predicted molar refractivity (Wildman–Crippen MR) is 52.2 cm³/mol. The normalized spacial score (nSPS) is 12.8. The Labute approximate surface area is 79.5 Å². The van der Waals surface area contributed by atoms with Crippen LogP contribution in [0.3, 0.4) is 0 Å². The van der Waals surface area contributed by atoms with E-state index in [1.54, 1.807) is 0 Å². The van der Waals surface area contributed by atoms with Crippen molar-refractivity contribution in [3.63, 3.8) is 0 Å². The van der Waals surface area contributed by atoms with E-state index in [1.807, 2.05) is 6.92 Å². The maximum atomic E-state index is 10.8. The number of carbonyl (C=O) groups excluding carboxylic acids is 1. The van der Waals surface area contributed by atoms with Crippen LogP contribution in [0.1, 0.15) is 32.6 Å². The predicted octanol–water partition coefficient (Wildman–Crippen LogP) is 0.00250. The molecule has 13 heavy (non-hydrogen) atoms. The lowest BCUT2D eigenvalue weighted by Gasteiger charge is -2.12. The van der Waals surface area contributed by atoms with E-state index in [0.29, 0.717) is 0 Å². The zero-order valence-corrected chi connectivity index (χ0v) is 8.25. The van der Waals surface area contributed by atoms with Crippen molar-refractivity contribution in [3.8, 4) is 0 Å². The van der Waals surface area contributed by atoms with Gasteiger partial charge in [0.1, 0.15) is 0 Å². The molecular formula is C9H20N2O2. The molecule has 0 aromatic heterocycles. The van der Waals surface area contributed by atoms with Crippen LogP contribution >= 0.6 is 0 Å². The van der Waals surface area contributed by atoms with Gasteiger partial charge in [-0.15, -0.1) is 0 Å². The maximum Gasteiger partial charge on any atom is 0.234 e. The molecule has 0 saturated heterocycles. The molecule has 0 aromatic rings. The minimum absolute atomic E-state index is 0.200. The van der Waals surface area contributed by atoms with Gasteiger partial charge in [-0.2, -0.15) is 0 Å². The van der Waals surface area contributed by atoms with Gasteiger partial charge in [0.15, 0.2) is 0 Å². The standard InChI is InChI=1S/C9H20N2O2/c1-2-8(9(10)13)11-6-4-3-5-7-12/h8,11-12H,2-7H2,1H3,(H2,10,13). The summed E-state index contributed by atoms with van der Waals surface area (Å²) in [4.78, 5) is 10.8. The minimum Gasteiger partial charge on any atom is -0.396 e. The van der Waals surface area contributed by atoms with Gasteiger partial charge in [0.25, 0.3) is 0 Å². The minimum atomic E-state index is -0.287. The molecule has 4 N–H and O–H groups in total. The molecule has 1 amide bonds. The van der Waals surface area contributed by atoms with Crippen molar-refractivity contribution in [1.29, 1.82) is 0 Å². The summed E-state index contributed by atoms with van der Waals surface area (Å²) >= 11 is 0. The second kappa shape index (κ2) is 8.01. The molecule has 0 heterocycles. The van der Waals surface area contributed by atoms with Crippen molar-refractivity contribution in [2.45, 2.75) is 38.6 Å². The van der Waals surface area contributed by atoms with Gasteiger partial charge in [-0.1, -0.05) is 6.92 Å². The van der Waals surface area contributed by atoms with Gasteiger partial charge in [0.05, 0.1) is 6.04 Å². The van der Waals surface area contributed by atoms with E-state index in [1.165, 1.54) is 0 Å². The van der Waals surface area contributed by atoms with Crippen LogP contribution < -0.4 is 11.1 Å². The Hall–Kier alpha value is -0.610. The smallest absolute Gasteiger partial charge is 0.234 e. The fourth-order valence-corrected chi connectivity index (χ4v) is 1.14. The van der Waals surface area contributed by atoms with Gasteiger partial charge >= 0.3 is 0 Å². The van der Waals surface area contributed by atoms with E-state index in [4.69, 9.17) is 10.8 Å². The number of primary amides is 1. The van der Waals surface area contributed by atoms with E-state index in [0.717, 1.165) is 32.2 Å². The third-order valence-corrected chi connectivity index (χ3v) is 1.98. The number of hydrogen-bond donors (Lipinski definition) is 3. The van der Waals surface area contributed by atoms with Crippen LogP contribution in [-0.2, 0) is 4.79 Å². The van der Waals surface area contributed by atoms with E-state index >= 15 is 0 Å². The fraction of sp³-hybridized carbons (Fsp3) is 0.889. The lowest BCUT2D eigenvalue weighted by atomic mass is 10.2. The monoisotopic (exact) mass is 188 g/mol. The highest BCUT2D eigenvalue weighted by Gasteiger charge is 2.10. The first-order valence-electron chi connectivity index (χ1n) is 4.86. The Morgan fingerprint density at radius 1 is 1.46 bits per heavy atom. The van der Waals surface area contributed by atoms with Crippen LogP contribution in [-0.4, -0.2) is 30.2 Å². The molecule has 0 rings (SSSR count). The number of unbranched alkanes of at least 4 members (excludes halogenated alkanes) is 2. The molecule has 0 fully saturated rings. The van der Waals surface area contributed by atoms with Gasteiger partial charge in [0.2, 0.25) is 5.91 Å². The summed E-state index contributed by atoms with van der Waals surface area (Å²) < 4.78 is 0. The molecule has 0 aliphatic rings. The Balaban J connectivity index is 3.33. The Kier molecular flexibility index (Phi) is 7.63. The SMILES string of the molecule is CCC(NCCCCCO)C(N)=O. The fourth-order valence-electron chi connectivity index (χ4n) is 1.14. The number of hydrogen-bond acceptors (Lipinski definition) is 3. The summed E-state index contributed by atoms with van der Waals surface area (Å²) in [6.07, 6.45) is 3.52. The number of aliphatic hydroxyl groups excluding tert-OH is 1. The van der Waals surface area contributed by atoms with Gasteiger partial charge in [0, 0.05) is 6.61 Å². The number of rotatable bonds is 8. The van der Waals surface area contributed by atoms with Crippen LogP contribution in [0.5, 0.6) is 0 Å². The first kappa shape index (κ1) is 12.4. The largest absolute Gasteiger partial charge is 0.396 e. The van der Waals surface area contributed by atoms with Crippen LogP contribution in [0.4, 0.5) is 0 Å². The molecule has 0 spiro atoms. The molecule has 1 atom stereocenters. The van der Waals surface area contributed by atoms with E-state index in [-0.39, 0.29) is 18.6 Å². The number of nitrogens with two attached hydrogens (primary N) is 1. The summed E-state index contributed by atoms with van der Waals surface area (Å²) in [5.74, 6) is -0.287. The molecule has 0 aliphatic heterocycles. The first-order valence-corrected chi connectivity index (χ1v) is 4.86. The van der Waals surface area contributed by atoms with Crippen molar-refractivity contribution in [2.24, 2.45) is 5.73 Å². The van der Waals surface area contributed by atoms with Crippen molar-refractivity contribution in [3.05, 3.63) is 0 Å². The Bertz CT molecular complexity index is 140. The average Bonchev–Trinajstić information content (AvgIpc) is 2.10. The molecule has 0 saturated carbocycles. The molecule has 78 valence electrons. The summed E-state index contributed by atoms with van der Waals surface area (Å²) in [7, 11) is 0. The Morgan fingerprint density at radius 2 is 2.15 bits per heavy atom. The van der Waals surface area contributed by atoms with Crippen molar-refractivity contribution >= 4 is 5.91 Å². The number of nitrogens with one attached hydrogen (secondary N) is 1. The van der Waals surface area contributed by atoms with Gasteiger partial charge in [-0.3, -0.25) is 4.79 Å². The zero-order valence-electron chi connectivity index (χ0n) is 8.25. The molecular weight excluding hydrogens is 168 g/mol. The topological polar surface area (TPSA) is 75.3 Å². The zero-order chi connectivity index (χ0) is 10.1. The van der Waals surface area contributed by atoms with Crippen LogP contribution in [0, 0.1) is 0 Å². The average molecular weight is 188 g/mol. The number of aliphatic hydroxyl groups is 1. The highest BCUT2D eigenvalue weighted by molar-refractivity contribution is 5.79. The van der Waals surface area contributed by atoms with Crippen LogP contribution in [0.15, 0.2) is 0 Å². The number of carbonyl (C=O) groups is 1. The van der Waals surface area contributed by atoms with E-state index in [2.05, 4.69) is 5.32 Å². The lowest BCUT2D eigenvalue weighted by molar-refractivity contribution is -0.120. The van der Waals surface area contributed by atoms with E-state index in [9.17, 15) is 4.79 Å². The second-order valence-electron chi connectivity index (χ2n) is 3.10. The van der Waals surface area contributed by atoms with Crippen molar-refractivity contribution < 1.29 is 9.90 Å². The molecule has 4 nitrogen and oxygen atoms in total. The third kappa shape index (κ3) is 6.54. The van der Waals surface area contributed by atoms with Gasteiger partial charge < -0.3 is 16.2 Å². The second-order valence-corrected chi connectivity index (χ2v) is 3.10. The summed E-state index contributed by atoms with van der Waals surface area (Å²) in [6, 6.07) is -0.200. The molecule has 0 bridgehead atoms. The van der Waals surface area contributed by atoms with Crippen molar-refractivity contribution in [2.75, 3.05) is 13.2 Å². The highest BCUT2D eigenvalue weighted by Crippen LogP contribution is 1.94. The lowest BCUT2D eigenvalue weighted by Crippen LogP contribution is -2.41. The third-order valence-electron chi connectivity index (χ3n) is 1.98. The Morgan fingerprint density at radius 3 is 2.62 bits per heavy atom. The highest BCUT2D eigenvalue weighted by atomic mass is 16.2. The van der Waals surface area contributed by atoms with Gasteiger partial charge in [-0.25, -0.2) is 0 Å². The molecule has 0 radical (unpaired) electrons. The quantitative estimate of drug-likeness (QED) is 0.469. The first-order chi connectivity index (χ1) is 6.22. The maximum absolute atomic E-state index is 10.8. The molecule has 1 unspecified atom stereocenters. The molecule has 4 heteroatoms. The number of amides is 1. The summed E-state index contributed by atoms with van der Waals surface area (Å²) in [5, 5.41) is 11.6. The van der Waals surface area contributed by atoms with Gasteiger partial charge in [-0.05, 0) is 32.2 Å². The van der Waals surface area contributed by atoms with Crippen molar-refractivity contribution in [1.82, 2.24) is 5.32 Å². The van der Waals surface area contributed by atoms with Crippen LogP contribution in [0.25, 0.3) is 0 Å². The van der Waals surface area contributed by atoms with Crippen LogP contribution in [0.2, 0.25) is 0 Å². The van der Waals surface area contributed by atoms with E-state index < -0.39 is 0 Å². The summed E-state index contributed by atoms with van der Waals surface area (Å²) in [6.45, 7) is 2.96. The molecule has 0 aromatic carbocycles. The molecule has 0 aliphatic carbocycles. The summed E-state index contributed by atoms with van der Waals surface area (Å²) in [5.41, 5.74) is 5.15.